The molecule has 1 amide bonds. The fraction of sp³-hybridized carbons (Fsp3) is 0.500. The summed E-state index contributed by atoms with van der Waals surface area (Å²) in [4.78, 5) is 12.2. The first-order valence-electron chi connectivity index (χ1n) is 6.34. The number of alkyl halides is 3. The summed E-state index contributed by atoms with van der Waals surface area (Å²) in [6.45, 7) is 0.822. The summed E-state index contributed by atoms with van der Waals surface area (Å²) in [6, 6.07) is 5.92. The minimum atomic E-state index is -2.97. The Bertz CT molecular complexity index is 457. The van der Waals surface area contributed by atoms with Crippen LogP contribution in [0.1, 0.15) is 37.0 Å². The average Bonchev–Trinajstić information content (AvgIpc) is 2.38. The van der Waals surface area contributed by atoms with Gasteiger partial charge < -0.3 is 10.1 Å². The van der Waals surface area contributed by atoms with Crippen LogP contribution in [-0.4, -0.2) is 23.9 Å². The van der Waals surface area contributed by atoms with Gasteiger partial charge in [0.05, 0.1) is 5.56 Å². The number of rotatable bonds is 7. The summed E-state index contributed by atoms with van der Waals surface area (Å²) < 4.78 is 29.0. The highest BCUT2D eigenvalue weighted by atomic mass is 35.5. The van der Waals surface area contributed by atoms with Gasteiger partial charge in [-0.25, -0.2) is 0 Å². The zero-order chi connectivity index (χ0) is 15.2. The second kappa shape index (κ2) is 7.43. The SMILES string of the molecule is CCC(C)(CCCl)NC(=O)c1ccccc1OC(F)F. The molecule has 1 aromatic carbocycles. The first-order valence-corrected chi connectivity index (χ1v) is 6.87. The molecule has 1 atom stereocenters. The Kier molecular flexibility index (Phi) is 6.20. The number of carbonyl (C=O) groups excluding carboxylic acids is 1. The maximum absolute atomic E-state index is 12.3. The van der Waals surface area contributed by atoms with Crippen molar-refractivity contribution >= 4 is 17.5 Å². The van der Waals surface area contributed by atoms with Crippen molar-refractivity contribution in [1.82, 2.24) is 5.32 Å². The number of ether oxygens (including phenoxy) is 1. The minimum Gasteiger partial charge on any atom is -0.434 e. The standard InChI is InChI=1S/C14H18ClF2NO2/c1-3-14(2,8-9-15)18-12(19)10-6-4-5-7-11(10)20-13(16)17/h4-7,13H,3,8-9H2,1-2H3,(H,18,19). The molecule has 0 aliphatic rings. The van der Waals surface area contributed by atoms with Gasteiger partial charge in [0.15, 0.2) is 0 Å². The van der Waals surface area contributed by atoms with E-state index in [9.17, 15) is 13.6 Å². The number of para-hydroxylation sites is 1. The van der Waals surface area contributed by atoms with E-state index in [0.29, 0.717) is 18.7 Å². The van der Waals surface area contributed by atoms with Gasteiger partial charge >= 0.3 is 6.61 Å². The summed E-state index contributed by atoms with van der Waals surface area (Å²) >= 11 is 5.72. The molecule has 112 valence electrons. The predicted octanol–water partition coefficient (Wildman–Crippen LogP) is 3.82. The summed E-state index contributed by atoms with van der Waals surface area (Å²) in [6.07, 6.45) is 1.28. The van der Waals surface area contributed by atoms with Crippen LogP contribution in [-0.2, 0) is 0 Å². The van der Waals surface area contributed by atoms with E-state index < -0.39 is 18.1 Å². The second-order valence-corrected chi connectivity index (χ2v) is 5.06. The summed E-state index contributed by atoms with van der Waals surface area (Å²) in [5.41, 5.74) is -0.390. The van der Waals surface area contributed by atoms with Gasteiger partial charge in [0, 0.05) is 11.4 Å². The molecule has 0 saturated carbocycles. The molecule has 1 aromatic rings. The van der Waals surface area contributed by atoms with Crippen LogP contribution < -0.4 is 10.1 Å². The number of halogens is 3. The van der Waals surface area contributed by atoms with E-state index in [1.165, 1.54) is 18.2 Å². The van der Waals surface area contributed by atoms with E-state index in [2.05, 4.69) is 10.1 Å². The van der Waals surface area contributed by atoms with Crippen molar-refractivity contribution in [2.24, 2.45) is 0 Å². The van der Waals surface area contributed by atoms with Gasteiger partial charge in [-0.15, -0.1) is 11.6 Å². The molecule has 6 heteroatoms. The Hall–Kier alpha value is -1.36. The van der Waals surface area contributed by atoms with Crippen LogP contribution >= 0.6 is 11.6 Å². The summed E-state index contributed by atoms with van der Waals surface area (Å²) in [5, 5.41) is 2.83. The van der Waals surface area contributed by atoms with E-state index in [4.69, 9.17) is 11.6 Å². The van der Waals surface area contributed by atoms with Crippen molar-refractivity contribution in [3.05, 3.63) is 29.8 Å². The van der Waals surface area contributed by atoms with Crippen LogP contribution in [0.4, 0.5) is 8.78 Å². The number of amides is 1. The van der Waals surface area contributed by atoms with Crippen LogP contribution in [0.2, 0.25) is 0 Å². The largest absolute Gasteiger partial charge is 0.434 e. The normalized spacial score (nSPS) is 13.9. The van der Waals surface area contributed by atoms with Gasteiger partial charge in [-0.05, 0) is 31.9 Å². The number of hydrogen-bond acceptors (Lipinski definition) is 2. The fourth-order valence-electron chi connectivity index (χ4n) is 1.73. The van der Waals surface area contributed by atoms with Gasteiger partial charge in [-0.3, -0.25) is 4.79 Å². The van der Waals surface area contributed by atoms with Gasteiger partial charge in [0.1, 0.15) is 5.75 Å². The topological polar surface area (TPSA) is 38.3 Å². The van der Waals surface area contributed by atoms with E-state index in [1.807, 2.05) is 13.8 Å². The third-order valence-electron chi connectivity index (χ3n) is 3.19. The lowest BCUT2D eigenvalue weighted by Gasteiger charge is -2.29. The van der Waals surface area contributed by atoms with Crippen molar-refractivity contribution in [2.75, 3.05) is 5.88 Å². The number of carbonyl (C=O) groups is 1. The van der Waals surface area contributed by atoms with E-state index in [0.717, 1.165) is 0 Å². The molecule has 0 aliphatic carbocycles. The molecular weight excluding hydrogens is 288 g/mol. The van der Waals surface area contributed by atoms with Crippen LogP contribution in [0.15, 0.2) is 24.3 Å². The molecule has 20 heavy (non-hydrogen) atoms. The Balaban J connectivity index is 2.92. The first kappa shape index (κ1) is 16.7. The lowest BCUT2D eigenvalue weighted by molar-refractivity contribution is -0.0501. The van der Waals surface area contributed by atoms with Gasteiger partial charge in [0.2, 0.25) is 0 Å². The fourth-order valence-corrected chi connectivity index (χ4v) is 2.15. The Morgan fingerprint density at radius 3 is 2.65 bits per heavy atom. The Morgan fingerprint density at radius 2 is 2.10 bits per heavy atom. The number of nitrogens with one attached hydrogen (secondary N) is 1. The highest BCUT2D eigenvalue weighted by Gasteiger charge is 2.25. The van der Waals surface area contributed by atoms with Gasteiger partial charge in [-0.2, -0.15) is 8.78 Å². The lowest BCUT2D eigenvalue weighted by atomic mass is 9.95. The molecule has 0 fully saturated rings. The molecule has 1 N–H and O–H groups in total. The zero-order valence-corrected chi connectivity index (χ0v) is 12.2. The van der Waals surface area contributed by atoms with Crippen molar-refractivity contribution in [3.63, 3.8) is 0 Å². The molecule has 1 unspecified atom stereocenters. The lowest BCUT2D eigenvalue weighted by Crippen LogP contribution is -2.46. The van der Waals surface area contributed by atoms with Crippen molar-refractivity contribution in [3.8, 4) is 5.75 Å². The molecule has 0 heterocycles. The first-order chi connectivity index (χ1) is 9.41. The highest BCUT2D eigenvalue weighted by molar-refractivity contribution is 6.17. The average molecular weight is 306 g/mol. The predicted molar refractivity (Wildman–Crippen MR) is 74.6 cm³/mol. The molecular formula is C14H18ClF2NO2. The number of benzene rings is 1. The summed E-state index contributed by atoms with van der Waals surface area (Å²) in [5.74, 6) is -0.181. The Labute approximate surface area is 122 Å². The third kappa shape index (κ3) is 4.63. The third-order valence-corrected chi connectivity index (χ3v) is 3.38. The van der Waals surface area contributed by atoms with E-state index in [1.54, 1.807) is 6.07 Å². The smallest absolute Gasteiger partial charge is 0.387 e. The molecule has 0 bridgehead atoms. The molecule has 0 saturated heterocycles. The molecule has 0 spiro atoms. The molecule has 0 radical (unpaired) electrons. The molecule has 1 rings (SSSR count). The van der Waals surface area contributed by atoms with Crippen molar-refractivity contribution in [1.29, 1.82) is 0 Å². The highest BCUT2D eigenvalue weighted by Crippen LogP contribution is 2.22. The minimum absolute atomic E-state index is 0.0852. The Morgan fingerprint density at radius 1 is 1.45 bits per heavy atom. The van der Waals surface area contributed by atoms with Crippen LogP contribution in [0, 0.1) is 0 Å². The van der Waals surface area contributed by atoms with Crippen LogP contribution in [0.5, 0.6) is 5.75 Å². The van der Waals surface area contributed by atoms with E-state index in [-0.39, 0.29) is 11.3 Å². The van der Waals surface area contributed by atoms with Gasteiger partial charge in [-0.1, -0.05) is 19.1 Å². The number of hydrogen-bond donors (Lipinski definition) is 1. The van der Waals surface area contributed by atoms with Gasteiger partial charge in [0.25, 0.3) is 5.91 Å². The molecule has 3 nitrogen and oxygen atoms in total. The molecule has 0 aromatic heterocycles. The van der Waals surface area contributed by atoms with Crippen molar-refractivity contribution in [2.45, 2.75) is 38.8 Å². The van der Waals surface area contributed by atoms with Crippen LogP contribution in [0.3, 0.4) is 0 Å². The van der Waals surface area contributed by atoms with Crippen molar-refractivity contribution < 1.29 is 18.3 Å². The molecule has 0 aliphatic heterocycles. The van der Waals surface area contributed by atoms with Crippen LogP contribution in [0.25, 0.3) is 0 Å². The zero-order valence-electron chi connectivity index (χ0n) is 11.5. The quantitative estimate of drug-likeness (QED) is 0.778. The maximum Gasteiger partial charge on any atom is 0.387 e. The monoisotopic (exact) mass is 305 g/mol. The maximum atomic E-state index is 12.3. The summed E-state index contributed by atoms with van der Waals surface area (Å²) in [7, 11) is 0. The van der Waals surface area contributed by atoms with E-state index >= 15 is 0 Å². The second-order valence-electron chi connectivity index (χ2n) is 4.68.